The Balaban J connectivity index is 1.66. The summed E-state index contributed by atoms with van der Waals surface area (Å²) in [7, 11) is 0. The summed E-state index contributed by atoms with van der Waals surface area (Å²) >= 11 is 1.70. The van der Waals surface area contributed by atoms with Gasteiger partial charge in [0.15, 0.2) is 0 Å². The van der Waals surface area contributed by atoms with Gasteiger partial charge < -0.3 is 10.6 Å². The third-order valence-electron chi connectivity index (χ3n) is 3.42. The van der Waals surface area contributed by atoms with E-state index < -0.39 is 0 Å². The van der Waals surface area contributed by atoms with Crippen molar-refractivity contribution in [3.8, 4) is 0 Å². The molecule has 1 aliphatic carbocycles. The fraction of sp³-hybridized carbons (Fsp3) is 0.714. The normalized spacial score (nSPS) is 15.9. The fourth-order valence-corrected chi connectivity index (χ4v) is 3.18. The molecule has 0 saturated heterocycles. The van der Waals surface area contributed by atoms with E-state index in [1.54, 1.807) is 11.3 Å². The summed E-state index contributed by atoms with van der Waals surface area (Å²) in [5.74, 6) is 0.484. The molecule has 0 aromatic carbocycles. The topological polar surface area (TPSA) is 54.0 Å². The van der Waals surface area contributed by atoms with Gasteiger partial charge in [0.05, 0.1) is 10.7 Å². The molecule has 2 amide bonds. The van der Waals surface area contributed by atoms with Crippen molar-refractivity contribution in [3.05, 3.63) is 16.1 Å². The van der Waals surface area contributed by atoms with Crippen LogP contribution in [0.3, 0.4) is 0 Å². The van der Waals surface area contributed by atoms with Crippen LogP contribution in [0.2, 0.25) is 0 Å². The maximum Gasteiger partial charge on any atom is 0.315 e. The van der Waals surface area contributed by atoms with Crippen LogP contribution in [-0.4, -0.2) is 23.6 Å². The molecule has 0 bridgehead atoms. The molecule has 19 heavy (non-hydrogen) atoms. The van der Waals surface area contributed by atoms with Gasteiger partial charge in [0, 0.05) is 30.3 Å². The quantitative estimate of drug-likeness (QED) is 0.871. The second-order valence-corrected chi connectivity index (χ2v) is 6.35. The van der Waals surface area contributed by atoms with Crippen LogP contribution in [0.15, 0.2) is 5.38 Å². The molecule has 1 fully saturated rings. The van der Waals surface area contributed by atoms with Crippen molar-refractivity contribution in [1.29, 1.82) is 0 Å². The number of hydrogen-bond acceptors (Lipinski definition) is 3. The highest BCUT2D eigenvalue weighted by Crippen LogP contribution is 2.19. The molecule has 106 valence electrons. The standard InChI is InChI=1S/C14H23N3OS/c1-10(2)13-16-12(9-19-13)7-8-15-14(18)17-11-5-3-4-6-11/h9-11H,3-8H2,1-2H3,(H2,15,17,18). The van der Waals surface area contributed by atoms with Crippen LogP contribution in [0, 0.1) is 0 Å². The van der Waals surface area contributed by atoms with Crippen LogP contribution in [0.1, 0.15) is 56.2 Å². The molecular formula is C14H23N3OS. The number of aromatic nitrogens is 1. The predicted octanol–water partition coefficient (Wildman–Crippen LogP) is 3.05. The first-order valence-corrected chi connectivity index (χ1v) is 8.02. The Morgan fingerprint density at radius 2 is 2.21 bits per heavy atom. The van der Waals surface area contributed by atoms with Crippen LogP contribution >= 0.6 is 11.3 Å². The third-order valence-corrected chi connectivity index (χ3v) is 4.61. The highest BCUT2D eigenvalue weighted by Gasteiger charge is 2.16. The lowest BCUT2D eigenvalue weighted by Crippen LogP contribution is -2.41. The first-order chi connectivity index (χ1) is 9.15. The number of thiazole rings is 1. The molecule has 5 heteroatoms. The summed E-state index contributed by atoms with van der Waals surface area (Å²) in [6.07, 6.45) is 5.53. The van der Waals surface area contributed by atoms with Gasteiger partial charge in [-0.3, -0.25) is 0 Å². The second kappa shape index (κ2) is 6.89. The summed E-state index contributed by atoms with van der Waals surface area (Å²) in [6, 6.07) is 0.345. The van der Waals surface area contributed by atoms with E-state index in [0.29, 0.717) is 18.5 Å². The van der Waals surface area contributed by atoms with Crippen LogP contribution < -0.4 is 10.6 Å². The molecule has 1 saturated carbocycles. The van der Waals surface area contributed by atoms with Crippen LogP contribution in [0.4, 0.5) is 4.79 Å². The molecule has 2 N–H and O–H groups in total. The van der Waals surface area contributed by atoms with Crippen LogP contribution in [0.25, 0.3) is 0 Å². The van der Waals surface area contributed by atoms with Crippen LogP contribution in [0.5, 0.6) is 0 Å². The smallest absolute Gasteiger partial charge is 0.315 e. The Morgan fingerprint density at radius 3 is 2.84 bits per heavy atom. The number of hydrogen-bond donors (Lipinski definition) is 2. The Morgan fingerprint density at radius 1 is 1.47 bits per heavy atom. The van der Waals surface area contributed by atoms with Gasteiger partial charge in [0.2, 0.25) is 0 Å². The summed E-state index contributed by atoms with van der Waals surface area (Å²) in [5.41, 5.74) is 1.08. The van der Waals surface area contributed by atoms with E-state index in [1.807, 2.05) is 0 Å². The lowest BCUT2D eigenvalue weighted by molar-refractivity contribution is 0.237. The summed E-state index contributed by atoms with van der Waals surface area (Å²) in [5, 5.41) is 9.19. The van der Waals surface area contributed by atoms with Crippen molar-refractivity contribution in [2.24, 2.45) is 0 Å². The minimum atomic E-state index is -0.0359. The van der Waals surface area contributed by atoms with E-state index >= 15 is 0 Å². The highest BCUT2D eigenvalue weighted by atomic mass is 32.1. The molecule has 1 aliphatic rings. The zero-order valence-corrected chi connectivity index (χ0v) is 12.6. The largest absolute Gasteiger partial charge is 0.338 e. The SMILES string of the molecule is CC(C)c1nc(CCNC(=O)NC2CCCC2)cs1. The third kappa shape index (κ3) is 4.49. The van der Waals surface area contributed by atoms with E-state index in [0.717, 1.165) is 25.0 Å². The summed E-state index contributed by atoms with van der Waals surface area (Å²) in [6.45, 7) is 4.95. The second-order valence-electron chi connectivity index (χ2n) is 5.46. The lowest BCUT2D eigenvalue weighted by Gasteiger charge is -2.12. The minimum Gasteiger partial charge on any atom is -0.338 e. The molecule has 1 heterocycles. The van der Waals surface area contributed by atoms with Gasteiger partial charge in [-0.05, 0) is 12.8 Å². The molecule has 1 aromatic heterocycles. The highest BCUT2D eigenvalue weighted by molar-refractivity contribution is 7.09. The zero-order chi connectivity index (χ0) is 13.7. The van der Waals surface area contributed by atoms with Gasteiger partial charge in [-0.25, -0.2) is 9.78 Å². The number of nitrogens with one attached hydrogen (secondary N) is 2. The predicted molar refractivity (Wildman–Crippen MR) is 78.7 cm³/mol. The molecular weight excluding hydrogens is 258 g/mol. The Labute approximate surface area is 119 Å². The summed E-state index contributed by atoms with van der Waals surface area (Å²) < 4.78 is 0. The Bertz CT molecular complexity index is 411. The van der Waals surface area contributed by atoms with E-state index in [2.05, 4.69) is 34.8 Å². The molecule has 0 unspecified atom stereocenters. The van der Waals surface area contributed by atoms with Crippen molar-refractivity contribution in [2.45, 2.75) is 57.9 Å². The lowest BCUT2D eigenvalue weighted by atomic mass is 10.2. The zero-order valence-electron chi connectivity index (χ0n) is 11.7. The number of amides is 2. The minimum absolute atomic E-state index is 0.0359. The van der Waals surface area contributed by atoms with E-state index in [-0.39, 0.29) is 6.03 Å². The number of rotatable bonds is 5. The van der Waals surface area contributed by atoms with Crippen molar-refractivity contribution in [1.82, 2.24) is 15.6 Å². The maximum atomic E-state index is 11.7. The van der Waals surface area contributed by atoms with Gasteiger partial charge in [-0.1, -0.05) is 26.7 Å². The first kappa shape index (κ1) is 14.3. The average Bonchev–Trinajstić information content (AvgIpc) is 3.00. The Kier molecular flexibility index (Phi) is 5.19. The van der Waals surface area contributed by atoms with Crippen molar-refractivity contribution in [2.75, 3.05) is 6.54 Å². The van der Waals surface area contributed by atoms with Gasteiger partial charge in [-0.15, -0.1) is 11.3 Å². The van der Waals surface area contributed by atoms with Crippen molar-refractivity contribution >= 4 is 17.4 Å². The van der Waals surface area contributed by atoms with Crippen molar-refractivity contribution < 1.29 is 4.79 Å². The van der Waals surface area contributed by atoms with Gasteiger partial charge in [0.1, 0.15) is 0 Å². The van der Waals surface area contributed by atoms with Gasteiger partial charge in [0.25, 0.3) is 0 Å². The number of carbonyl (C=O) groups is 1. The summed E-state index contributed by atoms with van der Waals surface area (Å²) in [4.78, 5) is 16.2. The molecule has 2 rings (SSSR count). The maximum absolute atomic E-state index is 11.7. The molecule has 0 spiro atoms. The Hall–Kier alpha value is -1.10. The molecule has 4 nitrogen and oxygen atoms in total. The van der Waals surface area contributed by atoms with E-state index in [9.17, 15) is 4.79 Å². The average molecular weight is 281 g/mol. The van der Waals surface area contributed by atoms with Crippen LogP contribution in [-0.2, 0) is 6.42 Å². The van der Waals surface area contributed by atoms with Gasteiger partial charge in [-0.2, -0.15) is 0 Å². The number of carbonyl (C=O) groups excluding carboxylic acids is 1. The van der Waals surface area contributed by atoms with Crippen molar-refractivity contribution in [3.63, 3.8) is 0 Å². The van der Waals surface area contributed by atoms with E-state index in [4.69, 9.17) is 0 Å². The molecule has 0 atom stereocenters. The first-order valence-electron chi connectivity index (χ1n) is 7.14. The fourth-order valence-electron chi connectivity index (χ4n) is 2.31. The molecule has 0 aliphatic heterocycles. The van der Waals surface area contributed by atoms with E-state index in [1.165, 1.54) is 17.8 Å². The molecule has 1 aromatic rings. The molecule has 0 radical (unpaired) electrons. The monoisotopic (exact) mass is 281 g/mol. The number of urea groups is 1. The van der Waals surface area contributed by atoms with Gasteiger partial charge >= 0.3 is 6.03 Å². The number of nitrogens with zero attached hydrogens (tertiary/aromatic N) is 1.